The maximum atomic E-state index is 12.7. The van der Waals surface area contributed by atoms with Crippen LogP contribution in [0.5, 0.6) is 0 Å². The summed E-state index contributed by atoms with van der Waals surface area (Å²) in [5.74, 6) is 0.639. The van der Waals surface area contributed by atoms with Gasteiger partial charge in [-0.2, -0.15) is 4.31 Å². The first kappa shape index (κ1) is 20.7. The smallest absolute Gasteiger partial charge is 0.315 e. The summed E-state index contributed by atoms with van der Waals surface area (Å²) in [4.78, 5) is 25.0. The average molecular weight is 405 g/mol. The Morgan fingerprint density at radius 2 is 1.88 bits per heavy atom. The molecule has 1 saturated heterocycles. The lowest BCUT2D eigenvalue weighted by molar-refractivity contribution is -0.137. The lowest BCUT2D eigenvalue weighted by Gasteiger charge is -2.34. The van der Waals surface area contributed by atoms with Crippen LogP contribution in [0, 0.1) is 13.8 Å². The van der Waals surface area contributed by atoms with Crippen molar-refractivity contribution in [3.05, 3.63) is 11.5 Å². The van der Waals surface area contributed by atoms with E-state index in [1.807, 2.05) is 0 Å². The second-order valence-electron chi connectivity index (χ2n) is 5.82. The van der Waals surface area contributed by atoms with Crippen molar-refractivity contribution >= 4 is 33.7 Å². The average Bonchev–Trinajstić information content (AvgIpc) is 2.97. The van der Waals surface area contributed by atoms with E-state index >= 15 is 0 Å². The largest absolute Gasteiger partial charge is 0.468 e. The summed E-state index contributed by atoms with van der Waals surface area (Å²) in [5, 5.41) is 3.70. The summed E-state index contributed by atoms with van der Waals surface area (Å²) in [7, 11) is -2.36. The molecule has 0 bridgehead atoms. The maximum Gasteiger partial charge on any atom is 0.315 e. The van der Waals surface area contributed by atoms with Crippen molar-refractivity contribution in [2.24, 2.45) is 0 Å². The molecular formula is C15H23N3O6S2. The number of ether oxygens (including phenoxy) is 1. The van der Waals surface area contributed by atoms with E-state index in [0.717, 1.165) is 0 Å². The van der Waals surface area contributed by atoms with E-state index in [0.29, 0.717) is 31.0 Å². The number of thioether (sulfide) groups is 1. The first-order valence-electron chi connectivity index (χ1n) is 8.12. The number of carbonyl (C=O) groups is 2. The second kappa shape index (κ2) is 8.87. The van der Waals surface area contributed by atoms with Crippen LogP contribution in [0.3, 0.4) is 0 Å². The van der Waals surface area contributed by atoms with Gasteiger partial charge in [0.25, 0.3) is 0 Å². The highest BCUT2D eigenvalue weighted by atomic mass is 32.2. The maximum absolute atomic E-state index is 12.7. The summed E-state index contributed by atoms with van der Waals surface area (Å²) < 4.78 is 36.3. The third kappa shape index (κ3) is 4.77. The topological polar surface area (TPSA) is 110 Å². The number of carbonyl (C=O) groups excluding carboxylic acids is 2. The van der Waals surface area contributed by atoms with Gasteiger partial charge in [0.1, 0.15) is 10.6 Å². The van der Waals surface area contributed by atoms with Crippen LogP contribution in [0.1, 0.15) is 17.9 Å². The predicted molar refractivity (Wildman–Crippen MR) is 95.3 cm³/mol. The third-order valence-corrected chi connectivity index (χ3v) is 7.14. The van der Waals surface area contributed by atoms with Gasteiger partial charge in [-0.3, -0.25) is 9.59 Å². The molecule has 0 radical (unpaired) electrons. The summed E-state index contributed by atoms with van der Waals surface area (Å²) in [6, 6.07) is 0. The van der Waals surface area contributed by atoms with Gasteiger partial charge >= 0.3 is 5.97 Å². The summed E-state index contributed by atoms with van der Waals surface area (Å²) in [6.07, 6.45) is 0.304. The zero-order valence-corrected chi connectivity index (χ0v) is 16.7. The van der Waals surface area contributed by atoms with Crippen molar-refractivity contribution in [2.45, 2.75) is 25.2 Å². The number of methoxy groups -OCH3 is 1. The molecule has 9 nitrogen and oxygen atoms in total. The molecule has 0 unspecified atom stereocenters. The SMILES string of the molecule is COC(=O)CSCCC(=O)N1CCN(S(=O)(=O)c2c(C)noc2C)CC1. The Hall–Kier alpha value is -1.59. The molecule has 2 heterocycles. The molecule has 0 atom stereocenters. The Kier molecular flexibility index (Phi) is 7.07. The number of hydrogen-bond acceptors (Lipinski definition) is 8. The van der Waals surface area contributed by atoms with Gasteiger partial charge < -0.3 is 14.2 Å². The second-order valence-corrected chi connectivity index (χ2v) is 8.80. The number of hydrogen-bond donors (Lipinski definition) is 0. The molecule has 1 aliphatic heterocycles. The van der Waals surface area contributed by atoms with E-state index in [1.165, 1.54) is 23.2 Å². The van der Waals surface area contributed by atoms with Crippen molar-refractivity contribution in [3.8, 4) is 0 Å². The van der Waals surface area contributed by atoms with Crippen LogP contribution in [0.15, 0.2) is 9.42 Å². The first-order chi connectivity index (χ1) is 12.3. The molecule has 1 aliphatic rings. The van der Waals surface area contributed by atoms with Crippen LogP contribution in [0.25, 0.3) is 0 Å². The molecule has 0 aliphatic carbocycles. The lowest BCUT2D eigenvalue weighted by atomic mass is 10.3. The quantitative estimate of drug-likeness (QED) is 0.474. The zero-order valence-electron chi connectivity index (χ0n) is 15.1. The number of amides is 1. The van der Waals surface area contributed by atoms with Crippen LogP contribution < -0.4 is 0 Å². The predicted octanol–water partition coefficient (Wildman–Crippen LogP) is 0.421. The fraction of sp³-hybridized carbons (Fsp3) is 0.667. The molecule has 1 amide bonds. The number of piperazine rings is 1. The molecule has 11 heteroatoms. The zero-order chi connectivity index (χ0) is 19.3. The normalized spacial score (nSPS) is 15.9. The molecule has 146 valence electrons. The van der Waals surface area contributed by atoms with Gasteiger partial charge in [0.2, 0.25) is 15.9 Å². The minimum absolute atomic E-state index is 0.0447. The number of esters is 1. The van der Waals surface area contributed by atoms with Crippen LogP contribution in [-0.2, 0) is 24.3 Å². The van der Waals surface area contributed by atoms with Crippen molar-refractivity contribution in [3.63, 3.8) is 0 Å². The molecule has 1 aromatic heterocycles. The van der Waals surface area contributed by atoms with Crippen molar-refractivity contribution in [2.75, 3.05) is 44.8 Å². The standard InChI is InChI=1S/C15H23N3O6S2/c1-11-15(12(2)24-16-11)26(21,22)18-7-5-17(6-8-18)13(19)4-9-25-10-14(20)23-3/h4-10H2,1-3H3. The van der Waals surface area contributed by atoms with Crippen molar-refractivity contribution in [1.82, 2.24) is 14.4 Å². The number of aryl methyl sites for hydroxylation is 2. The number of aromatic nitrogens is 1. The van der Waals surface area contributed by atoms with Gasteiger partial charge in [-0.1, -0.05) is 5.16 Å². The fourth-order valence-corrected chi connectivity index (χ4v) is 5.14. The van der Waals surface area contributed by atoms with E-state index in [-0.39, 0.29) is 41.4 Å². The van der Waals surface area contributed by atoms with Gasteiger partial charge in [0.05, 0.1) is 12.9 Å². The first-order valence-corrected chi connectivity index (χ1v) is 10.7. The molecule has 1 fully saturated rings. The number of rotatable bonds is 7. The molecule has 1 aromatic rings. The van der Waals surface area contributed by atoms with Crippen LogP contribution in [0.4, 0.5) is 0 Å². The summed E-state index contributed by atoms with van der Waals surface area (Å²) >= 11 is 1.34. The Labute approximate surface area is 157 Å². The summed E-state index contributed by atoms with van der Waals surface area (Å²) in [5.41, 5.74) is 0.337. The Morgan fingerprint density at radius 1 is 1.23 bits per heavy atom. The van der Waals surface area contributed by atoms with Crippen molar-refractivity contribution < 1.29 is 27.3 Å². The fourth-order valence-electron chi connectivity index (χ4n) is 2.68. The molecule has 2 rings (SSSR count). The van der Waals surface area contributed by atoms with E-state index < -0.39 is 10.0 Å². The minimum Gasteiger partial charge on any atom is -0.468 e. The number of nitrogens with zero attached hydrogens (tertiary/aromatic N) is 3. The van der Waals surface area contributed by atoms with E-state index in [9.17, 15) is 18.0 Å². The van der Waals surface area contributed by atoms with E-state index in [2.05, 4.69) is 9.89 Å². The monoisotopic (exact) mass is 405 g/mol. The molecule has 0 aromatic carbocycles. The van der Waals surface area contributed by atoms with Gasteiger partial charge in [-0.05, 0) is 13.8 Å². The molecule has 0 saturated carbocycles. The molecule has 26 heavy (non-hydrogen) atoms. The van der Waals surface area contributed by atoms with Crippen LogP contribution in [0.2, 0.25) is 0 Å². The van der Waals surface area contributed by atoms with Crippen LogP contribution >= 0.6 is 11.8 Å². The van der Waals surface area contributed by atoms with Gasteiger partial charge in [0, 0.05) is 38.4 Å². The van der Waals surface area contributed by atoms with E-state index in [4.69, 9.17) is 4.52 Å². The highest BCUT2D eigenvalue weighted by Gasteiger charge is 2.34. The van der Waals surface area contributed by atoms with Gasteiger partial charge in [-0.25, -0.2) is 8.42 Å². The highest BCUT2D eigenvalue weighted by Crippen LogP contribution is 2.24. The van der Waals surface area contributed by atoms with E-state index in [1.54, 1.807) is 18.7 Å². The Bertz CT molecular complexity index is 734. The minimum atomic E-state index is -3.68. The molecule has 0 N–H and O–H groups in total. The number of sulfonamides is 1. The lowest BCUT2D eigenvalue weighted by Crippen LogP contribution is -2.50. The van der Waals surface area contributed by atoms with Gasteiger partial charge in [0.15, 0.2) is 5.76 Å². The van der Waals surface area contributed by atoms with Gasteiger partial charge in [-0.15, -0.1) is 11.8 Å². The Balaban J connectivity index is 1.85. The van der Waals surface area contributed by atoms with Crippen LogP contribution in [-0.4, -0.2) is 79.5 Å². The third-order valence-electron chi connectivity index (χ3n) is 4.06. The summed E-state index contributed by atoms with van der Waals surface area (Å²) in [6.45, 7) is 4.29. The highest BCUT2D eigenvalue weighted by molar-refractivity contribution is 7.99. The molecule has 0 spiro atoms. The van der Waals surface area contributed by atoms with Crippen molar-refractivity contribution in [1.29, 1.82) is 0 Å². The Morgan fingerprint density at radius 3 is 2.42 bits per heavy atom. The molecular weight excluding hydrogens is 382 g/mol.